The molecule has 0 spiro atoms. The van der Waals surface area contributed by atoms with E-state index < -0.39 is 0 Å². The first-order valence-electron chi connectivity index (χ1n) is 14.1. The lowest BCUT2D eigenvalue weighted by Crippen LogP contribution is -2.35. The highest BCUT2D eigenvalue weighted by Gasteiger charge is 2.28. The molecule has 41 heavy (non-hydrogen) atoms. The Balaban J connectivity index is 1.24. The van der Waals surface area contributed by atoms with Crippen LogP contribution in [0.5, 0.6) is 0 Å². The Morgan fingerprint density at radius 2 is 1.93 bits per heavy atom. The first-order valence-corrected chi connectivity index (χ1v) is 14.1. The normalized spacial score (nSPS) is 14.8. The summed E-state index contributed by atoms with van der Waals surface area (Å²) in [5.74, 6) is 0.689. The molecule has 1 aliphatic rings. The first kappa shape index (κ1) is 26.7. The van der Waals surface area contributed by atoms with Crippen molar-refractivity contribution in [3.63, 3.8) is 0 Å². The van der Waals surface area contributed by atoms with E-state index in [1.807, 2.05) is 49.5 Å². The Bertz CT molecular complexity index is 1680. The number of benzene rings is 2. The van der Waals surface area contributed by atoms with Gasteiger partial charge in [0.15, 0.2) is 6.20 Å². The smallest absolute Gasteiger partial charge is 0.258 e. The number of hydrogen-bond donors (Lipinski definition) is 2. The van der Waals surface area contributed by atoms with E-state index in [4.69, 9.17) is 9.97 Å². The number of carbonyl (C=O) groups excluding carboxylic acids is 1. The number of fused-ring (bicyclic) bond motifs is 2. The van der Waals surface area contributed by atoms with Crippen molar-refractivity contribution >= 4 is 16.9 Å². The van der Waals surface area contributed by atoms with Crippen molar-refractivity contribution in [2.24, 2.45) is 0 Å². The van der Waals surface area contributed by atoms with Gasteiger partial charge in [0.1, 0.15) is 11.4 Å². The van der Waals surface area contributed by atoms with Gasteiger partial charge in [-0.15, -0.1) is 0 Å². The molecular weight excluding hydrogens is 512 g/mol. The molecule has 208 valence electrons. The van der Waals surface area contributed by atoms with Crippen molar-refractivity contribution in [1.29, 1.82) is 0 Å². The van der Waals surface area contributed by atoms with Gasteiger partial charge in [0.2, 0.25) is 5.69 Å². The third kappa shape index (κ3) is 5.69. The molecular formula is C33H34N6O2. The number of aromatic nitrogens is 4. The summed E-state index contributed by atoms with van der Waals surface area (Å²) in [6.45, 7) is 5.27. The number of hydrogen-bond acceptors (Lipinski definition) is 5. The second-order valence-corrected chi connectivity index (χ2v) is 10.8. The van der Waals surface area contributed by atoms with Gasteiger partial charge in [0, 0.05) is 32.3 Å². The minimum atomic E-state index is -0.244. The average Bonchev–Trinajstić information content (AvgIpc) is 3.40. The summed E-state index contributed by atoms with van der Waals surface area (Å²) in [5.41, 5.74) is 8.25. The summed E-state index contributed by atoms with van der Waals surface area (Å²) < 4.78 is 0.734. The van der Waals surface area contributed by atoms with Crippen LogP contribution in [0.1, 0.15) is 68.7 Å². The molecule has 8 nitrogen and oxygen atoms in total. The van der Waals surface area contributed by atoms with Crippen LogP contribution in [0, 0.1) is 19.1 Å². The summed E-state index contributed by atoms with van der Waals surface area (Å²) in [6.07, 6.45) is 6.54. The summed E-state index contributed by atoms with van der Waals surface area (Å²) in [4.78, 5) is 28.6. The van der Waals surface area contributed by atoms with Gasteiger partial charge < -0.3 is 15.5 Å². The van der Waals surface area contributed by atoms with Crippen LogP contribution in [-0.4, -0.2) is 25.8 Å². The molecule has 8 heteroatoms. The molecule has 0 saturated carbocycles. The lowest BCUT2D eigenvalue weighted by molar-refractivity contribution is -0.612. The van der Waals surface area contributed by atoms with Crippen LogP contribution >= 0.6 is 0 Å². The fourth-order valence-electron chi connectivity index (χ4n) is 5.95. The Hall–Kier alpha value is -4.56. The van der Waals surface area contributed by atoms with Gasteiger partial charge >= 0.3 is 0 Å². The zero-order valence-corrected chi connectivity index (χ0v) is 23.4. The lowest BCUT2D eigenvalue weighted by Gasteiger charge is -2.34. The zero-order valence-electron chi connectivity index (χ0n) is 23.4. The molecule has 0 aliphatic heterocycles. The second kappa shape index (κ2) is 11.5. The molecule has 0 radical (unpaired) electrons. The van der Waals surface area contributed by atoms with Crippen molar-refractivity contribution in [3.8, 4) is 0 Å². The highest BCUT2D eigenvalue weighted by Crippen LogP contribution is 2.34. The van der Waals surface area contributed by atoms with Gasteiger partial charge in [-0.1, -0.05) is 42.5 Å². The van der Waals surface area contributed by atoms with Crippen LogP contribution in [0.15, 0.2) is 79.1 Å². The highest BCUT2D eigenvalue weighted by atomic mass is 16.5. The van der Waals surface area contributed by atoms with Crippen molar-refractivity contribution < 1.29 is 9.52 Å². The van der Waals surface area contributed by atoms with Crippen LogP contribution in [0.2, 0.25) is 0 Å². The van der Waals surface area contributed by atoms with Crippen molar-refractivity contribution in [3.05, 3.63) is 129 Å². The number of carbonyl (C=O) groups is 1. The van der Waals surface area contributed by atoms with Crippen LogP contribution in [0.25, 0.3) is 11.0 Å². The maximum absolute atomic E-state index is 13.0. The number of imidazole rings is 1. The third-order valence-corrected chi connectivity index (χ3v) is 8.00. The van der Waals surface area contributed by atoms with Gasteiger partial charge in [-0.05, 0) is 66.6 Å². The van der Waals surface area contributed by atoms with E-state index in [1.165, 1.54) is 11.8 Å². The summed E-state index contributed by atoms with van der Waals surface area (Å²) in [5, 5.41) is 15.0. The number of pyridine rings is 2. The van der Waals surface area contributed by atoms with Crippen LogP contribution in [-0.2, 0) is 26.1 Å². The zero-order chi connectivity index (χ0) is 28.3. The molecule has 1 amide bonds. The SMILES string of the molecule is Cc1cc[n+]([O-])c(C)c1C(=O)NCc1cccc(CN(Cc2nc3ccccc3[nH]2)C2CCCc3cccnc32)c1. The number of aromatic amines is 1. The number of amides is 1. The van der Waals surface area contributed by atoms with E-state index in [9.17, 15) is 10.0 Å². The third-order valence-electron chi connectivity index (χ3n) is 8.00. The van der Waals surface area contributed by atoms with Crippen LogP contribution in [0.3, 0.4) is 0 Å². The molecule has 0 bridgehead atoms. The number of nitrogens with zero attached hydrogens (tertiary/aromatic N) is 4. The summed E-state index contributed by atoms with van der Waals surface area (Å²) in [7, 11) is 0. The first-order chi connectivity index (χ1) is 20.0. The van der Waals surface area contributed by atoms with Gasteiger partial charge in [-0.3, -0.25) is 14.7 Å². The van der Waals surface area contributed by atoms with E-state index in [1.54, 1.807) is 13.0 Å². The molecule has 2 N–H and O–H groups in total. The molecule has 6 rings (SSSR count). The summed E-state index contributed by atoms with van der Waals surface area (Å²) in [6, 6.07) is 22.5. The molecule has 0 fully saturated rings. The predicted molar refractivity (Wildman–Crippen MR) is 158 cm³/mol. The summed E-state index contributed by atoms with van der Waals surface area (Å²) >= 11 is 0. The van der Waals surface area contributed by atoms with Crippen LogP contribution in [0.4, 0.5) is 0 Å². The van der Waals surface area contributed by atoms with Gasteiger partial charge in [0.05, 0.1) is 29.3 Å². The molecule has 3 heterocycles. The van der Waals surface area contributed by atoms with E-state index in [2.05, 4.69) is 39.5 Å². The van der Waals surface area contributed by atoms with Gasteiger partial charge in [0.25, 0.3) is 5.91 Å². The quantitative estimate of drug-likeness (QED) is 0.205. The molecule has 1 aliphatic carbocycles. The lowest BCUT2D eigenvalue weighted by atomic mass is 9.90. The molecule has 5 aromatic rings. The monoisotopic (exact) mass is 546 g/mol. The van der Waals surface area contributed by atoms with Gasteiger partial charge in [-0.25, -0.2) is 4.98 Å². The topological polar surface area (TPSA) is 101 Å². The van der Waals surface area contributed by atoms with E-state index in [0.717, 1.165) is 63.2 Å². The van der Waals surface area contributed by atoms with E-state index in [0.29, 0.717) is 30.9 Å². The fraction of sp³-hybridized carbons (Fsp3) is 0.273. The van der Waals surface area contributed by atoms with Crippen molar-refractivity contribution in [2.75, 3.05) is 0 Å². The van der Waals surface area contributed by atoms with Gasteiger partial charge in [-0.2, -0.15) is 4.73 Å². The Kier molecular flexibility index (Phi) is 7.48. The Morgan fingerprint density at radius 1 is 1.07 bits per heavy atom. The van der Waals surface area contributed by atoms with E-state index in [-0.39, 0.29) is 11.9 Å². The number of nitrogens with one attached hydrogen (secondary N) is 2. The number of rotatable bonds is 8. The average molecular weight is 547 g/mol. The van der Waals surface area contributed by atoms with Crippen LogP contribution < -0.4 is 10.0 Å². The number of H-pyrrole nitrogens is 1. The maximum atomic E-state index is 13.0. The molecule has 0 saturated heterocycles. The minimum absolute atomic E-state index is 0.180. The molecule has 3 aromatic heterocycles. The highest BCUT2D eigenvalue weighted by molar-refractivity contribution is 5.96. The van der Waals surface area contributed by atoms with E-state index >= 15 is 0 Å². The predicted octanol–water partition coefficient (Wildman–Crippen LogP) is 5.22. The largest absolute Gasteiger partial charge is 0.618 e. The second-order valence-electron chi connectivity index (χ2n) is 10.8. The maximum Gasteiger partial charge on any atom is 0.258 e. The number of aryl methyl sites for hydroxylation is 2. The number of para-hydroxylation sites is 2. The minimum Gasteiger partial charge on any atom is -0.618 e. The Morgan fingerprint density at radius 3 is 2.80 bits per heavy atom. The fourth-order valence-corrected chi connectivity index (χ4v) is 5.95. The molecule has 2 aromatic carbocycles. The van der Waals surface area contributed by atoms with Crippen molar-refractivity contribution in [1.82, 2.24) is 25.2 Å². The molecule has 1 atom stereocenters. The Labute approximate surface area is 239 Å². The van der Waals surface area contributed by atoms with Crippen molar-refractivity contribution in [2.45, 2.75) is 58.8 Å². The molecule has 1 unspecified atom stereocenters. The standard InChI is InChI=1S/C33H34N6O2/c1-22-15-17-39(41)23(2)31(22)33(40)35-19-24-8-5-9-25(18-24)20-38(21-30-36-27-12-3-4-13-28(27)37-30)29-14-6-10-26-11-7-16-34-32(26)29/h3-5,7-9,11-13,15-18,29H,6,10,14,19-21H2,1-2H3,(H,35,40)(H,36,37).